The second kappa shape index (κ2) is 9.74. The first-order chi connectivity index (χ1) is 14.0. The highest BCUT2D eigenvalue weighted by Gasteiger charge is 2.21. The van der Waals surface area contributed by atoms with Gasteiger partial charge in [-0.05, 0) is 68.3 Å². The van der Waals surface area contributed by atoms with Crippen LogP contribution in [0.4, 0.5) is 5.69 Å². The van der Waals surface area contributed by atoms with E-state index in [1.54, 1.807) is 55.5 Å². The maximum absolute atomic E-state index is 12.3. The van der Waals surface area contributed by atoms with Gasteiger partial charge in [0.1, 0.15) is 11.5 Å². The van der Waals surface area contributed by atoms with Gasteiger partial charge in [-0.2, -0.15) is 5.26 Å². The number of anilines is 1. The van der Waals surface area contributed by atoms with E-state index in [-0.39, 0.29) is 11.8 Å². The Morgan fingerprint density at radius 2 is 1.62 bits per heavy atom. The SMILES string of the molecule is CC(Oc1ccc(C#N)cc1)C(=O)Oc1ccc(NC(=O)C2CCCCC2)cc1. The summed E-state index contributed by atoms with van der Waals surface area (Å²) in [5.74, 6) is 0.462. The van der Waals surface area contributed by atoms with Crippen LogP contribution >= 0.6 is 0 Å². The quantitative estimate of drug-likeness (QED) is 0.579. The number of hydrogen-bond acceptors (Lipinski definition) is 5. The summed E-state index contributed by atoms with van der Waals surface area (Å²) in [5, 5.41) is 11.7. The van der Waals surface area contributed by atoms with E-state index in [9.17, 15) is 9.59 Å². The highest BCUT2D eigenvalue weighted by atomic mass is 16.6. The van der Waals surface area contributed by atoms with E-state index in [0.29, 0.717) is 22.7 Å². The van der Waals surface area contributed by atoms with Crippen LogP contribution in [0.2, 0.25) is 0 Å². The molecule has 1 atom stereocenters. The van der Waals surface area contributed by atoms with Crippen molar-refractivity contribution >= 4 is 17.6 Å². The molecule has 150 valence electrons. The molecule has 0 aromatic heterocycles. The molecule has 0 radical (unpaired) electrons. The molecule has 0 bridgehead atoms. The molecule has 0 spiro atoms. The van der Waals surface area contributed by atoms with Crippen LogP contribution in [0.5, 0.6) is 11.5 Å². The van der Waals surface area contributed by atoms with Gasteiger partial charge in [0.05, 0.1) is 11.6 Å². The summed E-state index contributed by atoms with van der Waals surface area (Å²) in [6, 6.07) is 15.2. The first-order valence-corrected chi connectivity index (χ1v) is 9.84. The molecule has 0 aliphatic heterocycles. The van der Waals surface area contributed by atoms with Gasteiger partial charge < -0.3 is 14.8 Å². The summed E-state index contributed by atoms with van der Waals surface area (Å²) in [7, 11) is 0. The van der Waals surface area contributed by atoms with Gasteiger partial charge in [-0.25, -0.2) is 4.79 Å². The zero-order chi connectivity index (χ0) is 20.6. The Kier molecular flexibility index (Phi) is 6.85. The average molecular weight is 392 g/mol. The molecule has 1 saturated carbocycles. The standard InChI is InChI=1S/C23H24N2O4/c1-16(28-20-11-7-17(15-24)8-12-20)23(27)29-21-13-9-19(10-14-21)25-22(26)18-5-3-2-4-6-18/h7-14,16,18H,2-6H2,1H3,(H,25,26). The summed E-state index contributed by atoms with van der Waals surface area (Å²) in [5.41, 5.74) is 1.20. The second-order valence-electron chi connectivity index (χ2n) is 7.17. The van der Waals surface area contributed by atoms with E-state index in [2.05, 4.69) is 5.32 Å². The van der Waals surface area contributed by atoms with Crippen molar-refractivity contribution in [1.82, 2.24) is 0 Å². The van der Waals surface area contributed by atoms with Crippen LogP contribution in [0.15, 0.2) is 48.5 Å². The lowest BCUT2D eigenvalue weighted by Gasteiger charge is -2.20. The molecule has 29 heavy (non-hydrogen) atoms. The molecule has 2 aromatic rings. The second-order valence-corrected chi connectivity index (χ2v) is 7.17. The van der Waals surface area contributed by atoms with E-state index in [1.807, 2.05) is 6.07 Å². The van der Waals surface area contributed by atoms with Crippen LogP contribution in [0, 0.1) is 17.2 Å². The maximum atomic E-state index is 12.3. The van der Waals surface area contributed by atoms with Gasteiger partial charge in [0.15, 0.2) is 6.10 Å². The van der Waals surface area contributed by atoms with Gasteiger partial charge in [0.25, 0.3) is 0 Å². The lowest BCUT2D eigenvalue weighted by molar-refractivity contribution is -0.141. The number of benzene rings is 2. The largest absolute Gasteiger partial charge is 0.479 e. The third kappa shape index (κ3) is 5.82. The molecule has 1 aliphatic carbocycles. The Morgan fingerprint density at radius 3 is 2.24 bits per heavy atom. The Bertz CT molecular complexity index is 879. The van der Waals surface area contributed by atoms with Gasteiger partial charge >= 0.3 is 5.97 Å². The fourth-order valence-corrected chi connectivity index (χ4v) is 3.27. The molecule has 1 amide bonds. The van der Waals surface area contributed by atoms with Crippen molar-refractivity contribution in [2.75, 3.05) is 5.32 Å². The maximum Gasteiger partial charge on any atom is 0.352 e. The number of carbonyl (C=O) groups is 2. The number of nitrogens with one attached hydrogen (secondary N) is 1. The van der Waals surface area contributed by atoms with Gasteiger partial charge in [0, 0.05) is 11.6 Å². The Labute approximate surface area is 170 Å². The number of rotatable bonds is 6. The van der Waals surface area contributed by atoms with Crippen molar-refractivity contribution in [3.63, 3.8) is 0 Å². The van der Waals surface area contributed by atoms with Gasteiger partial charge in [-0.15, -0.1) is 0 Å². The Hall–Kier alpha value is -3.33. The number of nitrogens with zero attached hydrogens (tertiary/aromatic N) is 1. The number of amides is 1. The zero-order valence-electron chi connectivity index (χ0n) is 16.4. The number of ether oxygens (including phenoxy) is 2. The number of nitriles is 1. The third-order valence-corrected chi connectivity index (χ3v) is 4.94. The number of esters is 1. The highest BCUT2D eigenvalue weighted by molar-refractivity contribution is 5.92. The molecule has 1 fully saturated rings. The van der Waals surface area contributed by atoms with E-state index in [0.717, 1.165) is 25.7 Å². The molecule has 1 N–H and O–H groups in total. The molecule has 0 saturated heterocycles. The molecule has 1 unspecified atom stereocenters. The van der Waals surface area contributed by atoms with Crippen LogP contribution in [-0.2, 0) is 9.59 Å². The molecular weight excluding hydrogens is 368 g/mol. The summed E-state index contributed by atoms with van der Waals surface area (Å²) >= 11 is 0. The normalized spacial score (nSPS) is 15.0. The van der Waals surface area contributed by atoms with Crippen molar-refractivity contribution in [2.45, 2.75) is 45.1 Å². The average Bonchev–Trinajstić information content (AvgIpc) is 2.76. The third-order valence-electron chi connectivity index (χ3n) is 4.94. The van der Waals surface area contributed by atoms with Gasteiger partial charge in [0.2, 0.25) is 5.91 Å². The molecular formula is C23H24N2O4. The number of hydrogen-bond donors (Lipinski definition) is 1. The monoisotopic (exact) mass is 392 g/mol. The zero-order valence-corrected chi connectivity index (χ0v) is 16.4. The van der Waals surface area contributed by atoms with Crippen LogP contribution in [0.3, 0.4) is 0 Å². The molecule has 6 heteroatoms. The predicted octanol–water partition coefficient (Wildman–Crippen LogP) is 4.45. The minimum Gasteiger partial charge on any atom is -0.479 e. The Morgan fingerprint density at radius 1 is 1.00 bits per heavy atom. The molecule has 2 aromatic carbocycles. The van der Waals surface area contributed by atoms with Gasteiger partial charge in [-0.3, -0.25) is 4.79 Å². The first kappa shape index (κ1) is 20.4. The van der Waals surface area contributed by atoms with Crippen LogP contribution < -0.4 is 14.8 Å². The van der Waals surface area contributed by atoms with Crippen molar-refractivity contribution in [3.05, 3.63) is 54.1 Å². The molecule has 0 heterocycles. The van der Waals surface area contributed by atoms with Crippen LogP contribution in [-0.4, -0.2) is 18.0 Å². The fourth-order valence-electron chi connectivity index (χ4n) is 3.27. The minimum atomic E-state index is -0.811. The van der Waals surface area contributed by atoms with Gasteiger partial charge in [-0.1, -0.05) is 19.3 Å². The fraction of sp³-hybridized carbons (Fsp3) is 0.348. The Balaban J connectivity index is 1.50. The summed E-state index contributed by atoms with van der Waals surface area (Å²) in [6.07, 6.45) is 4.49. The van der Waals surface area contributed by atoms with Crippen LogP contribution in [0.25, 0.3) is 0 Å². The van der Waals surface area contributed by atoms with Crippen LogP contribution in [0.1, 0.15) is 44.6 Å². The number of carbonyl (C=O) groups excluding carboxylic acids is 2. The molecule has 1 aliphatic rings. The smallest absolute Gasteiger partial charge is 0.352 e. The van der Waals surface area contributed by atoms with Crippen molar-refractivity contribution in [3.8, 4) is 17.6 Å². The van der Waals surface area contributed by atoms with E-state index >= 15 is 0 Å². The lowest BCUT2D eigenvalue weighted by atomic mass is 9.88. The molecule has 3 rings (SSSR count). The summed E-state index contributed by atoms with van der Waals surface area (Å²) in [4.78, 5) is 24.5. The lowest BCUT2D eigenvalue weighted by Crippen LogP contribution is -2.28. The first-order valence-electron chi connectivity index (χ1n) is 9.84. The highest BCUT2D eigenvalue weighted by Crippen LogP contribution is 2.25. The van der Waals surface area contributed by atoms with Crippen molar-refractivity contribution in [1.29, 1.82) is 5.26 Å². The van der Waals surface area contributed by atoms with E-state index in [4.69, 9.17) is 14.7 Å². The van der Waals surface area contributed by atoms with E-state index < -0.39 is 12.1 Å². The molecule has 6 nitrogen and oxygen atoms in total. The van der Waals surface area contributed by atoms with Crippen molar-refractivity contribution < 1.29 is 19.1 Å². The minimum absolute atomic E-state index is 0.0545. The van der Waals surface area contributed by atoms with Crippen molar-refractivity contribution in [2.24, 2.45) is 5.92 Å². The topological polar surface area (TPSA) is 88.4 Å². The predicted molar refractivity (Wildman–Crippen MR) is 109 cm³/mol. The summed E-state index contributed by atoms with van der Waals surface area (Å²) < 4.78 is 10.9. The summed E-state index contributed by atoms with van der Waals surface area (Å²) in [6.45, 7) is 1.60. The van der Waals surface area contributed by atoms with E-state index in [1.165, 1.54) is 6.42 Å².